The summed E-state index contributed by atoms with van der Waals surface area (Å²) in [6.45, 7) is 0.540. The molecule has 0 aliphatic carbocycles. The van der Waals surface area contributed by atoms with Gasteiger partial charge in [-0.05, 0) is 24.5 Å². The summed E-state index contributed by atoms with van der Waals surface area (Å²) in [5.41, 5.74) is 1.91. The van der Waals surface area contributed by atoms with Crippen molar-refractivity contribution in [2.75, 3.05) is 6.54 Å². The third kappa shape index (κ3) is 2.15. The number of amides is 1. The van der Waals surface area contributed by atoms with Gasteiger partial charge in [-0.3, -0.25) is 4.79 Å². The van der Waals surface area contributed by atoms with Gasteiger partial charge in [-0.15, -0.1) is 0 Å². The molecular weight excluding hydrogens is 256 g/mol. The van der Waals surface area contributed by atoms with Crippen LogP contribution < -0.4 is 0 Å². The van der Waals surface area contributed by atoms with E-state index in [1.165, 1.54) is 4.90 Å². The molecule has 1 amide bonds. The number of nitrogens with one attached hydrogen (secondary N) is 1. The van der Waals surface area contributed by atoms with Crippen molar-refractivity contribution in [3.05, 3.63) is 36.0 Å². The molecule has 5 nitrogen and oxygen atoms in total. The molecule has 0 bridgehead atoms. The van der Waals surface area contributed by atoms with Crippen LogP contribution in [0.5, 0.6) is 0 Å². The fraction of sp³-hybridized carbons (Fsp3) is 0.333. The minimum absolute atomic E-state index is 0.111. The van der Waals surface area contributed by atoms with Gasteiger partial charge >= 0.3 is 5.97 Å². The maximum absolute atomic E-state index is 12.3. The minimum Gasteiger partial charge on any atom is -0.480 e. The van der Waals surface area contributed by atoms with Gasteiger partial charge in [0.15, 0.2) is 0 Å². The number of carboxylic acids is 1. The number of hydrogen-bond acceptors (Lipinski definition) is 2. The van der Waals surface area contributed by atoms with Gasteiger partial charge < -0.3 is 15.0 Å². The highest BCUT2D eigenvalue weighted by molar-refractivity contribution is 5.90. The first-order chi connectivity index (χ1) is 9.66. The van der Waals surface area contributed by atoms with Gasteiger partial charge in [-0.1, -0.05) is 18.2 Å². The largest absolute Gasteiger partial charge is 0.480 e. The molecule has 104 valence electrons. The highest BCUT2D eigenvalue weighted by atomic mass is 16.4. The molecule has 2 N–H and O–H groups in total. The van der Waals surface area contributed by atoms with Crippen LogP contribution in [0.25, 0.3) is 10.9 Å². The first-order valence-electron chi connectivity index (χ1n) is 6.74. The lowest BCUT2D eigenvalue weighted by Crippen LogP contribution is -2.41. The number of aliphatic carboxylic acids is 1. The van der Waals surface area contributed by atoms with Crippen molar-refractivity contribution in [3.8, 4) is 0 Å². The number of fused-ring (bicyclic) bond motifs is 1. The summed E-state index contributed by atoms with van der Waals surface area (Å²) in [6.07, 6.45) is 3.38. The van der Waals surface area contributed by atoms with Gasteiger partial charge in [-0.25, -0.2) is 4.79 Å². The van der Waals surface area contributed by atoms with E-state index in [-0.39, 0.29) is 12.3 Å². The Morgan fingerprint density at radius 1 is 1.35 bits per heavy atom. The summed E-state index contributed by atoms with van der Waals surface area (Å²) in [6, 6.07) is 7.13. The molecule has 2 aromatic rings. The van der Waals surface area contributed by atoms with Crippen molar-refractivity contribution in [1.82, 2.24) is 9.88 Å². The van der Waals surface area contributed by atoms with Crippen LogP contribution in [-0.4, -0.2) is 39.5 Å². The third-order valence-electron chi connectivity index (χ3n) is 3.87. The van der Waals surface area contributed by atoms with E-state index in [0.717, 1.165) is 22.9 Å². The van der Waals surface area contributed by atoms with Gasteiger partial charge in [0.2, 0.25) is 5.91 Å². The highest BCUT2D eigenvalue weighted by Crippen LogP contribution is 2.22. The molecule has 1 saturated heterocycles. The third-order valence-corrected chi connectivity index (χ3v) is 3.87. The van der Waals surface area contributed by atoms with Crippen LogP contribution in [0.1, 0.15) is 18.4 Å². The second-order valence-corrected chi connectivity index (χ2v) is 5.12. The van der Waals surface area contributed by atoms with Crippen LogP contribution in [0.4, 0.5) is 0 Å². The smallest absolute Gasteiger partial charge is 0.326 e. The molecule has 1 aromatic carbocycles. The Morgan fingerprint density at radius 2 is 2.15 bits per heavy atom. The van der Waals surface area contributed by atoms with Gasteiger partial charge in [0, 0.05) is 23.6 Å². The van der Waals surface area contributed by atoms with E-state index < -0.39 is 12.0 Å². The predicted molar refractivity (Wildman–Crippen MR) is 74.4 cm³/mol. The summed E-state index contributed by atoms with van der Waals surface area (Å²) in [5, 5.41) is 10.2. The van der Waals surface area contributed by atoms with E-state index in [4.69, 9.17) is 5.11 Å². The van der Waals surface area contributed by atoms with Gasteiger partial charge in [0.1, 0.15) is 6.04 Å². The van der Waals surface area contributed by atoms with E-state index in [9.17, 15) is 9.59 Å². The lowest BCUT2D eigenvalue weighted by molar-refractivity contribution is -0.147. The molecule has 2 heterocycles. The fourth-order valence-corrected chi connectivity index (χ4v) is 2.86. The highest BCUT2D eigenvalue weighted by Gasteiger charge is 2.33. The Kier molecular flexibility index (Phi) is 3.18. The fourth-order valence-electron chi connectivity index (χ4n) is 2.86. The number of benzene rings is 1. The molecule has 1 aliphatic rings. The van der Waals surface area contributed by atoms with E-state index in [0.29, 0.717) is 13.0 Å². The van der Waals surface area contributed by atoms with Crippen molar-refractivity contribution in [2.45, 2.75) is 25.3 Å². The predicted octanol–water partition coefficient (Wildman–Crippen LogP) is 1.79. The van der Waals surface area contributed by atoms with E-state index in [2.05, 4.69) is 4.98 Å². The summed E-state index contributed by atoms with van der Waals surface area (Å²) >= 11 is 0. The quantitative estimate of drug-likeness (QED) is 0.894. The number of carboxylic acid groups (broad SMARTS) is 1. The molecule has 20 heavy (non-hydrogen) atoms. The van der Waals surface area contributed by atoms with Crippen LogP contribution in [-0.2, 0) is 16.0 Å². The molecule has 1 atom stereocenters. The normalized spacial score (nSPS) is 18.6. The number of carbonyl (C=O) groups is 2. The van der Waals surface area contributed by atoms with Gasteiger partial charge in [-0.2, -0.15) is 0 Å². The molecule has 1 aliphatic heterocycles. The van der Waals surface area contributed by atoms with Crippen LogP contribution in [0.15, 0.2) is 30.5 Å². The molecular formula is C15H16N2O3. The number of rotatable bonds is 3. The Morgan fingerprint density at radius 3 is 2.95 bits per heavy atom. The summed E-state index contributed by atoms with van der Waals surface area (Å²) in [4.78, 5) is 28.1. The van der Waals surface area contributed by atoms with Crippen molar-refractivity contribution in [1.29, 1.82) is 0 Å². The molecule has 0 spiro atoms. The number of carbonyl (C=O) groups excluding carboxylic acids is 1. The average Bonchev–Trinajstić information content (AvgIpc) is 3.06. The zero-order chi connectivity index (χ0) is 14.1. The molecule has 1 unspecified atom stereocenters. The molecule has 0 radical (unpaired) electrons. The number of aromatic amines is 1. The van der Waals surface area contributed by atoms with Crippen LogP contribution in [0.2, 0.25) is 0 Å². The molecule has 5 heteroatoms. The zero-order valence-corrected chi connectivity index (χ0v) is 11.0. The van der Waals surface area contributed by atoms with Gasteiger partial charge in [0.25, 0.3) is 0 Å². The number of H-pyrrole nitrogens is 1. The lowest BCUT2D eigenvalue weighted by Gasteiger charge is -2.21. The second kappa shape index (κ2) is 5.00. The Hall–Kier alpha value is -2.30. The topological polar surface area (TPSA) is 73.4 Å². The first-order valence-corrected chi connectivity index (χ1v) is 6.74. The van der Waals surface area contributed by atoms with E-state index >= 15 is 0 Å². The minimum atomic E-state index is -0.908. The van der Waals surface area contributed by atoms with Crippen molar-refractivity contribution in [2.24, 2.45) is 0 Å². The number of para-hydroxylation sites is 1. The maximum atomic E-state index is 12.3. The summed E-state index contributed by atoms with van der Waals surface area (Å²) in [5.74, 6) is -1.02. The number of aromatic nitrogens is 1. The zero-order valence-electron chi connectivity index (χ0n) is 11.0. The SMILES string of the molecule is O=C(O)C1CCCN1C(=O)Cc1c[nH]c2ccccc12. The maximum Gasteiger partial charge on any atom is 0.326 e. The van der Waals surface area contributed by atoms with Gasteiger partial charge in [0.05, 0.1) is 6.42 Å². The van der Waals surface area contributed by atoms with E-state index in [1.54, 1.807) is 0 Å². The Bertz CT molecular complexity index is 662. The Labute approximate surface area is 116 Å². The molecule has 1 aromatic heterocycles. The number of nitrogens with zero attached hydrogens (tertiary/aromatic N) is 1. The molecule has 1 fully saturated rings. The van der Waals surface area contributed by atoms with E-state index in [1.807, 2.05) is 30.5 Å². The molecule has 0 saturated carbocycles. The first kappa shape index (κ1) is 12.7. The standard InChI is InChI=1S/C15H16N2O3/c18-14(17-7-3-6-13(17)15(19)20)8-10-9-16-12-5-2-1-4-11(10)12/h1-2,4-5,9,13,16H,3,6-8H2,(H,19,20). The lowest BCUT2D eigenvalue weighted by atomic mass is 10.1. The number of likely N-dealkylation sites (tertiary alicyclic amines) is 1. The number of hydrogen-bond donors (Lipinski definition) is 2. The van der Waals surface area contributed by atoms with Crippen LogP contribution in [0.3, 0.4) is 0 Å². The van der Waals surface area contributed by atoms with Crippen molar-refractivity contribution < 1.29 is 14.7 Å². The second-order valence-electron chi connectivity index (χ2n) is 5.12. The van der Waals surface area contributed by atoms with Crippen molar-refractivity contribution in [3.63, 3.8) is 0 Å². The summed E-state index contributed by atoms with van der Waals surface area (Å²) in [7, 11) is 0. The van der Waals surface area contributed by atoms with Crippen molar-refractivity contribution >= 4 is 22.8 Å². The van der Waals surface area contributed by atoms with Crippen LogP contribution in [0, 0.1) is 0 Å². The van der Waals surface area contributed by atoms with Crippen LogP contribution >= 0.6 is 0 Å². The molecule has 3 rings (SSSR count). The summed E-state index contributed by atoms with van der Waals surface area (Å²) < 4.78 is 0. The average molecular weight is 272 g/mol. The Balaban J connectivity index is 1.80. The monoisotopic (exact) mass is 272 g/mol.